The number of hydrogen-bond donors (Lipinski definition) is 2. The summed E-state index contributed by atoms with van der Waals surface area (Å²) in [6, 6.07) is 1.47. The number of H-pyrrole nitrogens is 1. The van der Waals surface area contributed by atoms with Crippen molar-refractivity contribution in [2.24, 2.45) is 0 Å². The minimum absolute atomic E-state index is 0.194. The van der Waals surface area contributed by atoms with Crippen molar-refractivity contribution >= 4 is 5.95 Å². The van der Waals surface area contributed by atoms with E-state index in [1.54, 1.807) is 6.20 Å². The van der Waals surface area contributed by atoms with Crippen LogP contribution in [0.2, 0.25) is 0 Å². The molecular formula is C17H24N6O2. The lowest BCUT2D eigenvalue weighted by Crippen LogP contribution is -2.37. The second-order valence-corrected chi connectivity index (χ2v) is 6.13. The normalized spacial score (nSPS) is 15.3. The standard InChI is InChI=1S/C17H24N6O2/c1-12-14(11-19-13(2)20-12)15-10-16(24)22-17(21-15)18-4-3-5-23-6-8-25-9-7-23/h10-11H,3-9H2,1-2H3,(H2,18,21,22,24). The molecule has 0 atom stereocenters. The number of ether oxygens (including phenoxy) is 1. The van der Waals surface area contributed by atoms with Crippen molar-refractivity contribution in [3.63, 3.8) is 0 Å². The summed E-state index contributed by atoms with van der Waals surface area (Å²) in [7, 11) is 0. The van der Waals surface area contributed by atoms with Crippen molar-refractivity contribution in [2.75, 3.05) is 44.7 Å². The third-order valence-electron chi connectivity index (χ3n) is 4.16. The molecule has 2 N–H and O–H groups in total. The summed E-state index contributed by atoms with van der Waals surface area (Å²) in [5.41, 5.74) is 1.97. The van der Waals surface area contributed by atoms with E-state index in [1.165, 1.54) is 6.07 Å². The minimum atomic E-state index is -0.194. The maximum atomic E-state index is 11.9. The van der Waals surface area contributed by atoms with Crippen LogP contribution >= 0.6 is 0 Å². The Labute approximate surface area is 146 Å². The second-order valence-electron chi connectivity index (χ2n) is 6.13. The number of rotatable bonds is 6. The van der Waals surface area contributed by atoms with Crippen LogP contribution in [0.3, 0.4) is 0 Å². The zero-order valence-corrected chi connectivity index (χ0v) is 14.7. The molecular weight excluding hydrogens is 320 g/mol. The molecule has 0 bridgehead atoms. The van der Waals surface area contributed by atoms with Gasteiger partial charge in [0, 0.05) is 37.5 Å². The van der Waals surface area contributed by atoms with Gasteiger partial charge in [0.25, 0.3) is 5.56 Å². The van der Waals surface area contributed by atoms with Crippen LogP contribution < -0.4 is 10.9 Å². The van der Waals surface area contributed by atoms with Crippen molar-refractivity contribution in [3.8, 4) is 11.3 Å². The Hall–Kier alpha value is -2.32. The summed E-state index contributed by atoms with van der Waals surface area (Å²) in [5, 5.41) is 3.20. The first-order valence-corrected chi connectivity index (χ1v) is 8.58. The number of morpholine rings is 1. The average Bonchev–Trinajstić information content (AvgIpc) is 2.59. The molecule has 8 heteroatoms. The molecule has 25 heavy (non-hydrogen) atoms. The molecule has 134 valence electrons. The van der Waals surface area contributed by atoms with Crippen LogP contribution in [0.4, 0.5) is 5.95 Å². The highest BCUT2D eigenvalue weighted by Gasteiger charge is 2.10. The summed E-state index contributed by atoms with van der Waals surface area (Å²) in [6.45, 7) is 9.06. The van der Waals surface area contributed by atoms with Gasteiger partial charge < -0.3 is 10.1 Å². The van der Waals surface area contributed by atoms with Crippen molar-refractivity contribution in [1.29, 1.82) is 0 Å². The molecule has 3 heterocycles. The van der Waals surface area contributed by atoms with Crippen LogP contribution in [-0.2, 0) is 4.74 Å². The van der Waals surface area contributed by atoms with E-state index in [-0.39, 0.29) is 5.56 Å². The predicted octanol–water partition coefficient (Wildman–Crippen LogP) is 0.978. The molecule has 2 aromatic heterocycles. The third kappa shape index (κ3) is 4.83. The van der Waals surface area contributed by atoms with E-state index in [4.69, 9.17) is 4.74 Å². The van der Waals surface area contributed by atoms with Gasteiger partial charge in [-0.2, -0.15) is 0 Å². The molecule has 0 radical (unpaired) electrons. The largest absolute Gasteiger partial charge is 0.379 e. The molecule has 3 rings (SSSR count). The monoisotopic (exact) mass is 344 g/mol. The lowest BCUT2D eigenvalue weighted by Gasteiger charge is -2.26. The maximum Gasteiger partial charge on any atom is 0.252 e. The molecule has 0 spiro atoms. The highest BCUT2D eigenvalue weighted by atomic mass is 16.5. The molecule has 1 fully saturated rings. The van der Waals surface area contributed by atoms with Crippen molar-refractivity contribution in [1.82, 2.24) is 24.8 Å². The minimum Gasteiger partial charge on any atom is -0.379 e. The summed E-state index contributed by atoms with van der Waals surface area (Å²) in [5.74, 6) is 1.18. The number of anilines is 1. The van der Waals surface area contributed by atoms with Gasteiger partial charge in [-0.15, -0.1) is 0 Å². The summed E-state index contributed by atoms with van der Waals surface area (Å²) in [4.78, 5) is 30.1. The Morgan fingerprint density at radius 2 is 2.08 bits per heavy atom. The van der Waals surface area contributed by atoms with Gasteiger partial charge in [-0.25, -0.2) is 15.0 Å². The highest BCUT2D eigenvalue weighted by Crippen LogP contribution is 2.18. The first kappa shape index (κ1) is 17.5. The summed E-state index contributed by atoms with van der Waals surface area (Å²) < 4.78 is 5.34. The number of aryl methyl sites for hydroxylation is 2. The molecule has 2 aromatic rings. The molecule has 1 aliphatic heterocycles. The van der Waals surface area contributed by atoms with E-state index in [0.717, 1.165) is 57.1 Å². The van der Waals surface area contributed by atoms with Crippen LogP contribution in [0.5, 0.6) is 0 Å². The van der Waals surface area contributed by atoms with Crippen LogP contribution in [0.1, 0.15) is 17.9 Å². The lowest BCUT2D eigenvalue weighted by molar-refractivity contribution is 0.0378. The molecule has 0 aliphatic carbocycles. The van der Waals surface area contributed by atoms with Gasteiger partial charge in [0.05, 0.1) is 24.6 Å². The zero-order valence-electron chi connectivity index (χ0n) is 14.7. The number of hydrogen-bond acceptors (Lipinski definition) is 7. The quantitative estimate of drug-likeness (QED) is 0.754. The molecule has 0 saturated carbocycles. The molecule has 0 unspecified atom stereocenters. The fourth-order valence-corrected chi connectivity index (χ4v) is 2.85. The van der Waals surface area contributed by atoms with E-state index in [2.05, 4.69) is 30.2 Å². The van der Waals surface area contributed by atoms with Gasteiger partial charge in [0.2, 0.25) is 5.95 Å². The number of aromatic amines is 1. The topological polar surface area (TPSA) is 96.0 Å². The highest BCUT2D eigenvalue weighted by molar-refractivity contribution is 5.61. The Morgan fingerprint density at radius 1 is 1.28 bits per heavy atom. The van der Waals surface area contributed by atoms with Crippen LogP contribution in [0.25, 0.3) is 11.3 Å². The van der Waals surface area contributed by atoms with Gasteiger partial charge in [-0.1, -0.05) is 0 Å². The van der Waals surface area contributed by atoms with Crippen LogP contribution in [0, 0.1) is 13.8 Å². The Kier molecular flexibility index (Phi) is 5.72. The fourth-order valence-electron chi connectivity index (χ4n) is 2.85. The maximum absolute atomic E-state index is 11.9. The molecule has 0 aromatic carbocycles. The Morgan fingerprint density at radius 3 is 2.84 bits per heavy atom. The van der Waals surface area contributed by atoms with Crippen LogP contribution in [0.15, 0.2) is 17.1 Å². The number of nitrogens with one attached hydrogen (secondary N) is 2. The fraction of sp³-hybridized carbons (Fsp3) is 0.529. The zero-order chi connectivity index (χ0) is 17.6. The second kappa shape index (κ2) is 8.17. The molecule has 1 saturated heterocycles. The SMILES string of the molecule is Cc1ncc(-c2cc(=O)[nH]c(NCCCN3CCOCC3)n2)c(C)n1. The van der Waals surface area contributed by atoms with E-state index in [1.807, 2.05) is 13.8 Å². The van der Waals surface area contributed by atoms with E-state index in [9.17, 15) is 4.79 Å². The van der Waals surface area contributed by atoms with Crippen molar-refractivity contribution < 1.29 is 4.74 Å². The molecule has 0 amide bonds. The van der Waals surface area contributed by atoms with Gasteiger partial charge in [0.1, 0.15) is 5.82 Å². The Balaban J connectivity index is 1.62. The molecule has 8 nitrogen and oxygen atoms in total. The lowest BCUT2D eigenvalue weighted by atomic mass is 10.2. The smallest absolute Gasteiger partial charge is 0.252 e. The van der Waals surface area contributed by atoms with E-state index in [0.29, 0.717) is 17.5 Å². The number of aromatic nitrogens is 4. The summed E-state index contributed by atoms with van der Waals surface area (Å²) >= 11 is 0. The van der Waals surface area contributed by atoms with Gasteiger partial charge in [-0.05, 0) is 26.8 Å². The molecule has 1 aliphatic rings. The van der Waals surface area contributed by atoms with Crippen molar-refractivity contribution in [2.45, 2.75) is 20.3 Å². The third-order valence-corrected chi connectivity index (χ3v) is 4.16. The van der Waals surface area contributed by atoms with Gasteiger partial charge in [0.15, 0.2) is 0 Å². The van der Waals surface area contributed by atoms with E-state index >= 15 is 0 Å². The van der Waals surface area contributed by atoms with Gasteiger partial charge >= 0.3 is 0 Å². The first-order chi connectivity index (χ1) is 12.1. The van der Waals surface area contributed by atoms with Crippen LogP contribution in [-0.4, -0.2) is 64.2 Å². The number of nitrogens with zero attached hydrogens (tertiary/aromatic N) is 4. The predicted molar refractivity (Wildman–Crippen MR) is 95.7 cm³/mol. The first-order valence-electron chi connectivity index (χ1n) is 8.58. The van der Waals surface area contributed by atoms with Crippen molar-refractivity contribution in [3.05, 3.63) is 34.1 Å². The van der Waals surface area contributed by atoms with Gasteiger partial charge in [-0.3, -0.25) is 14.7 Å². The Bertz CT molecular complexity index is 770. The summed E-state index contributed by atoms with van der Waals surface area (Å²) in [6.07, 6.45) is 2.68. The average molecular weight is 344 g/mol. The van der Waals surface area contributed by atoms with E-state index < -0.39 is 0 Å².